The Morgan fingerprint density at radius 2 is 1.93 bits per heavy atom. The molecule has 1 N–H and O–H groups in total. The highest BCUT2D eigenvalue weighted by Crippen LogP contribution is 2.32. The van der Waals surface area contributed by atoms with Gasteiger partial charge >= 0.3 is 0 Å². The van der Waals surface area contributed by atoms with Gasteiger partial charge < -0.3 is 10.1 Å². The van der Waals surface area contributed by atoms with Crippen LogP contribution in [0.1, 0.15) is 24.5 Å². The van der Waals surface area contributed by atoms with Gasteiger partial charge in [0.1, 0.15) is 11.8 Å². The van der Waals surface area contributed by atoms with Crippen molar-refractivity contribution in [3.8, 4) is 5.75 Å². The molecule has 0 spiro atoms. The molecule has 0 fully saturated rings. The number of halogens is 1. The maximum absolute atomic E-state index is 13.0. The van der Waals surface area contributed by atoms with E-state index in [0.717, 1.165) is 21.7 Å². The van der Waals surface area contributed by atoms with Crippen molar-refractivity contribution in [1.29, 1.82) is 0 Å². The summed E-state index contributed by atoms with van der Waals surface area (Å²) >= 11 is 6.17. The fourth-order valence-corrected chi connectivity index (χ4v) is 4.41. The fourth-order valence-electron chi connectivity index (χ4n) is 2.96. The zero-order valence-corrected chi connectivity index (χ0v) is 18.2. The quantitative estimate of drug-likeness (QED) is 0.724. The number of hydrogen-bond acceptors (Lipinski definition) is 4. The summed E-state index contributed by atoms with van der Waals surface area (Å²) in [6.45, 7) is 5.62. The monoisotopic (exact) mass is 424 g/mol. The maximum Gasteiger partial charge on any atom is 0.248 e. The summed E-state index contributed by atoms with van der Waals surface area (Å²) < 4.78 is 31.3. The molecule has 1 amide bonds. The molecule has 2 aromatic carbocycles. The van der Waals surface area contributed by atoms with E-state index in [0.29, 0.717) is 17.1 Å². The molecule has 2 aromatic rings. The van der Waals surface area contributed by atoms with Gasteiger partial charge in [0.25, 0.3) is 0 Å². The molecule has 0 radical (unpaired) electrons. The number of carbonyl (C=O) groups is 1. The van der Waals surface area contributed by atoms with E-state index < -0.39 is 22.0 Å². The number of anilines is 2. The summed E-state index contributed by atoms with van der Waals surface area (Å²) in [6, 6.07) is 9.28. The second kappa shape index (κ2) is 8.84. The molecule has 28 heavy (non-hydrogen) atoms. The SMILES string of the molecule is CCC(C(=O)Nc1cccc(C)c1C)N(c1ccc(OC)c(Cl)c1)S(C)(=O)=O. The number of rotatable bonds is 7. The van der Waals surface area contributed by atoms with Crippen LogP contribution in [0.25, 0.3) is 0 Å². The third-order valence-electron chi connectivity index (χ3n) is 4.58. The second-order valence-electron chi connectivity index (χ2n) is 6.54. The normalized spacial score (nSPS) is 12.4. The van der Waals surface area contributed by atoms with Gasteiger partial charge in [-0.05, 0) is 55.7 Å². The lowest BCUT2D eigenvalue weighted by atomic mass is 10.1. The lowest BCUT2D eigenvalue weighted by Crippen LogP contribution is -2.47. The first-order chi connectivity index (χ1) is 13.1. The zero-order valence-electron chi connectivity index (χ0n) is 16.6. The molecule has 0 saturated heterocycles. The predicted molar refractivity (Wildman–Crippen MR) is 114 cm³/mol. The Balaban J connectivity index is 2.44. The maximum atomic E-state index is 13.0. The number of methoxy groups -OCH3 is 1. The van der Waals surface area contributed by atoms with Crippen molar-refractivity contribution in [1.82, 2.24) is 0 Å². The van der Waals surface area contributed by atoms with Crippen LogP contribution in [-0.2, 0) is 14.8 Å². The van der Waals surface area contributed by atoms with Crippen molar-refractivity contribution in [2.75, 3.05) is 23.0 Å². The van der Waals surface area contributed by atoms with Gasteiger partial charge in [-0.1, -0.05) is 30.7 Å². The Labute approximate surface area is 171 Å². The fraction of sp³-hybridized carbons (Fsp3) is 0.350. The van der Waals surface area contributed by atoms with Gasteiger partial charge in [-0.15, -0.1) is 0 Å². The first-order valence-corrected chi connectivity index (χ1v) is 11.0. The largest absolute Gasteiger partial charge is 0.495 e. The topological polar surface area (TPSA) is 75.7 Å². The van der Waals surface area contributed by atoms with Crippen LogP contribution >= 0.6 is 11.6 Å². The molecule has 0 aliphatic carbocycles. The molecule has 0 heterocycles. The average molecular weight is 425 g/mol. The number of amides is 1. The molecule has 0 aliphatic heterocycles. The van der Waals surface area contributed by atoms with Crippen molar-refractivity contribution >= 4 is 38.9 Å². The lowest BCUT2D eigenvalue weighted by Gasteiger charge is -2.30. The van der Waals surface area contributed by atoms with Crippen LogP contribution in [0.2, 0.25) is 5.02 Å². The molecule has 152 valence electrons. The molecule has 1 unspecified atom stereocenters. The molecule has 0 aromatic heterocycles. The van der Waals surface area contributed by atoms with E-state index >= 15 is 0 Å². The van der Waals surface area contributed by atoms with Crippen molar-refractivity contribution in [3.63, 3.8) is 0 Å². The van der Waals surface area contributed by atoms with Crippen molar-refractivity contribution < 1.29 is 17.9 Å². The van der Waals surface area contributed by atoms with Crippen molar-refractivity contribution in [2.45, 2.75) is 33.2 Å². The van der Waals surface area contributed by atoms with Crippen molar-refractivity contribution in [3.05, 3.63) is 52.5 Å². The highest BCUT2D eigenvalue weighted by atomic mass is 35.5. The summed E-state index contributed by atoms with van der Waals surface area (Å²) in [7, 11) is -2.27. The molecule has 8 heteroatoms. The molecule has 1 atom stereocenters. The average Bonchev–Trinajstić information content (AvgIpc) is 2.62. The molecule has 6 nitrogen and oxygen atoms in total. The molecule has 2 rings (SSSR count). The first kappa shape index (κ1) is 22.0. The molecule has 0 bridgehead atoms. The Kier molecular flexibility index (Phi) is 6.96. The number of sulfonamides is 1. The van der Waals surface area contributed by atoms with E-state index in [9.17, 15) is 13.2 Å². The van der Waals surface area contributed by atoms with Gasteiger partial charge in [0.2, 0.25) is 15.9 Å². The van der Waals surface area contributed by atoms with Crippen LogP contribution in [0, 0.1) is 13.8 Å². The van der Waals surface area contributed by atoms with Crippen LogP contribution < -0.4 is 14.4 Å². The minimum Gasteiger partial charge on any atom is -0.495 e. The van der Waals surface area contributed by atoms with Gasteiger partial charge in [0.05, 0.1) is 24.1 Å². The number of benzene rings is 2. The Morgan fingerprint density at radius 3 is 2.46 bits per heavy atom. The summed E-state index contributed by atoms with van der Waals surface area (Å²) in [4.78, 5) is 13.0. The van der Waals surface area contributed by atoms with Crippen LogP contribution in [-0.4, -0.2) is 33.7 Å². The van der Waals surface area contributed by atoms with E-state index in [1.54, 1.807) is 25.1 Å². The third-order valence-corrected chi connectivity index (χ3v) is 6.06. The predicted octanol–water partition coefficient (Wildman–Crippen LogP) is 4.15. The number of nitrogens with zero attached hydrogens (tertiary/aromatic N) is 1. The Morgan fingerprint density at radius 1 is 1.25 bits per heavy atom. The van der Waals surface area contributed by atoms with Crippen molar-refractivity contribution in [2.24, 2.45) is 0 Å². The number of hydrogen-bond donors (Lipinski definition) is 1. The van der Waals surface area contributed by atoms with Crippen LogP contribution in [0.3, 0.4) is 0 Å². The van der Waals surface area contributed by atoms with Gasteiger partial charge in [0, 0.05) is 5.69 Å². The standard InChI is InChI=1S/C20H25ClN2O4S/c1-6-18(20(24)22-17-9-7-8-13(2)14(17)3)23(28(5,25)26)15-10-11-19(27-4)16(21)12-15/h7-12,18H,6H2,1-5H3,(H,22,24). The number of nitrogens with one attached hydrogen (secondary N) is 1. The van der Waals surface area contributed by atoms with E-state index in [1.807, 2.05) is 26.0 Å². The van der Waals surface area contributed by atoms with E-state index in [-0.39, 0.29) is 11.4 Å². The minimum absolute atomic E-state index is 0.262. The minimum atomic E-state index is -3.75. The first-order valence-electron chi connectivity index (χ1n) is 8.80. The van der Waals surface area contributed by atoms with Gasteiger partial charge in [-0.25, -0.2) is 8.42 Å². The van der Waals surface area contributed by atoms with Gasteiger partial charge in [0.15, 0.2) is 0 Å². The summed E-state index contributed by atoms with van der Waals surface area (Å²) in [6.07, 6.45) is 1.35. The summed E-state index contributed by atoms with van der Waals surface area (Å²) in [5, 5.41) is 3.12. The summed E-state index contributed by atoms with van der Waals surface area (Å²) in [5.74, 6) is 0.0142. The van der Waals surface area contributed by atoms with Gasteiger partial charge in [-0.3, -0.25) is 9.10 Å². The Hall–Kier alpha value is -2.25. The highest BCUT2D eigenvalue weighted by molar-refractivity contribution is 7.92. The number of aryl methyl sites for hydroxylation is 1. The number of ether oxygens (including phenoxy) is 1. The van der Waals surface area contributed by atoms with E-state index in [1.165, 1.54) is 13.2 Å². The molecular formula is C20H25ClN2O4S. The number of carbonyl (C=O) groups excluding carboxylic acids is 1. The third kappa shape index (κ3) is 4.77. The van der Waals surface area contributed by atoms with Gasteiger partial charge in [-0.2, -0.15) is 0 Å². The molecular weight excluding hydrogens is 400 g/mol. The zero-order chi connectivity index (χ0) is 21.1. The summed E-state index contributed by atoms with van der Waals surface area (Å²) in [5.41, 5.74) is 2.93. The molecule has 0 aliphatic rings. The van der Waals surface area contributed by atoms with E-state index in [2.05, 4.69) is 5.32 Å². The smallest absolute Gasteiger partial charge is 0.248 e. The van der Waals surface area contributed by atoms with E-state index in [4.69, 9.17) is 16.3 Å². The Bertz CT molecular complexity index is 976. The van der Waals surface area contributed by atoms with Crippen LogP contribution in [0.15, 0.2) is 36.4 Å². The van der Waals surface area contributed by atoms with Crippen LogP contribution in [0.5, 0.6) is 5.75 Å². The van der Waals surface area contributed by atoms with Crippen LogP contribution in [0.4, 0.5) is 11.4 Å². The highest BCUT2D eigenvalue weighted by Gasteiger charge is 2.32. The molecule has 0 saturated carbocycles. The lowest BCUT2D eigenvalue weighted by molar-refractivity contribution is -0.117. The second-order valence-corrected chi connectivity index (χ2v) is 8.81.